The van der Waals surface area contributed by atoms with Gasteiger partial charge in [0.05, 0.1) is 5.69 Å². The molecule has 4 rings (SSSR count). The fourth-order valence-electron chi connectivity index (χ4n) is 4.09. The molecule has 0 aliphatic carbocycles. The second-order valence-corrected chi connectivity index (χ2v) is 7.03. The van der Waals surface area contributed by atoms with Gasteiger partial charge in [-0.25, -0.2) is 5.01 Å². The van der Waals surface area contributed by atoms with Gasteiger partial charge in [0.15, 0.2) is 0 Å². The molecule has 0 saturated heterocycles. The van der Waals surface area contributed by atoms with Crippen molar-refractivity contribution in [3.05, 3.63) is 102 Å². The molecule has 0 fully saturated rings. The first-order chi connectivity index (χ1) is 12.2. The van der Waals surface area contributed by atoms with Crippen LogP contribution in [0.4, 0.5) is 5.69 Å². The Morgan fingerprint density at radius 3 is 2.08 bits per heavy atom. The van der Waals surface area contributed by atoms with Crippen LogP contribution >= 0.6 is 0 Å². The van der Waals surface area contributed by atoms with Gasteiger partial charge in [0, 0.05) is 26.1 Å². The van der Waals surface area contributed by atoms with E-state index in [-0.39, 0.29) is 5.41 Å². The molecule has 1 atom stereocenters. The highest BCUT2D eigenvalue weighted by atomic mass is 15.6. The number of para-hydroxylation sites is 1. The molecule has 126 valence electrons. The first-order valence-corrected chi connectivity index (χ1v) is 8.84. The molecule has 0 amide bonds. The van der Waals surface area contributed by atoms with Crippen LogP contribution in [0, 0.1) is 0 Å². The van der Waals surface area contributed by atoms with Crippen molar-refractivity contribution in [3.63, 3.8) is 0 Å². The van der Waals surface area contributed by atoms with E-state index in [4.69, 9.17) is 0 Å². The lowest BCUT2D eigenvalue weighted by Gasteiger charge is -2.33. The van der Waals surface area contributed by atoms with Crippen molar-refractivity contribution in [1.82, 2.24) is 5.01 Å². The third-order valence-corrected chi connectivity index (χ3v) is 5.28. The Morgan fingerprint density at radius 1 is 0.800 bits per heavy atom. The summed E-state index contributed by atoms with van der Waals surface area (Å²) in [6.07, 6.45) is 0.999. The van der Waals surface area contributed by atoms with E-state index in [9.17, 15) is 0 Å². The summed E-state index contributed by atoms with van der Waals surface area (Å²) in [5.41, 5.74) is 5.45. The van der Waals surface area contributed by atoms with E-state index in [1.807, 2.05) is 0 Å². The third kappa shape index (κ3) is 2.73. The molecule has 3 aromatic rings. The smallest absolute Gasteiger partial charge is 0.0564 e. The van der Waals surface area contributed by atoms with Gasteiger partial charge in [-0.2, -0.15) is 0 Å². The number of hydrogen-bond donors (Lipinski definition) is 0. The number of nitrogens with zero attached hydrogens (tertiary/aromatic N) is 2. The van der Waals surface area contributed by atoms with Crippen LogP contribution in [0.15, 0.2) is 84.9 Å². The molecule has 0 unspecified atom stereocenters. The highest BCUT2D eigenvalue weighted by Gasteiger charge is 2.44. The summed E-state index contributed by atoms with van der Waals surface area (Å²) in [5.74, 6) is 0. The van der Waals surface area contributed by atoms with E-state index >= 15 is 0 Å². The minimum Gasteiger partial charge on any atom is -0.305 e. The maximum Gasteiger partial charge on any atom is 0.0564 e. The summed E-state index contributed by atoms with van der Waals surface area (Å²) in [7, 11) is 4.25. The molecule has 0 N–H and O–H groups in total. The van der Waals surface area contributed by atoms with Crippen molar-refractivity contribution in [3.8, 4) is 0 Å². The van der Waals surface area contributed by atoms with Crippen molar-refractivity contribution in [2.45, 2.75) is 11.8 Å². The van der Waals surface area contributed by atoms with Crippen LogP contribution in [0.3, 0.4) is 0 Å². The molecule has 2 nitrogen and oxygen atoms in total. The fraction of sp³-hybridized carbons (Fsp3) is 0.217. The summed E-state index contributed by atoms with van der Waals surface area (Å²) in [5, 5.41) is 4.60. The van der Waals surface area contributed by atoms with Crippen molar-refractivity contribution >= 4 is 5.69 Å². The number of anilines is 1. The quantitative estimate of drug-likeness (QED) is 0.695. The summed E-state index contributed by atoms with van der Waals surface area (Å²) < 4.78 is 0. The van der Waals surface area contributed by atoms with Crippen molar-refractivity contribution in [2.24, 2.45) is 0 Å². The van der Waals surface area contributed by atoms with Crippen LogP contribution in [0.5, 0.6) is 0 Å². The maximum absolute atomic E-state index is 2.39. The van der Waals surface area contributed by atoms with E-state index in [0.29, 0.717) is 0 Å². The van der Waals surface area contributed by atoms with E-state index < -0.39 is 0 Å². The Kier molecular flexibility index (Phi) is 4.06. The lowest BCUT2D eigenvalue weighted by Crippen LogP contribution is -2.42. The molecule has 1 aliphatic rings. The van der Waals surface area contributed by atoms with Gasteiger partial charge in [0.2, 0.25) is 0 Å². The number of hydrazine groups is 1. The molecule has 0 bridgehead atoms. The maximum atomic E-state index is 2.39. The molecule has 0 aromatic heterocycles. The zero-order valence-corrected chi connectivity index (χ0v) is 14.9. The molecule has 1 heterocycles. The normalized spacial score (nSPS) is 19.2. The molecular weight excluding hydrogens is 304 g/mol. The first kappa shape index (κ1) is 15.9. The van der Waals surface area contributed by atoms with Gasteiger partial charge in [-0.1, -0.05) is 78.9 Å². The van der Waals surface area contributed by atoms with Crippen LogP contribution in [-0.2, 0) is 11.8 Å². The average molecular weight is 328 g/mol. The molecule has 2 heteroatoms. The predicted octanol–water partition coefficient (Wildman–Crippen LogP) is 4.51. The second-order valence-electron chi connectivity index (χ2n) is 7.03. The largest absolute Gasteiger partial charge is 0.305 e. The van der Waals surface area contributed by atoms with Crippen molar-refractivity contribution in [2.75, 3.05) is 25.6 Å². The van der Waals surface area contributed by atoms with Crippen molar-refractivity contribution in [1.29, 1.82) is 0 Å². The lowest BCUT2D eigenvalue weighted by molar-refractivity contribution is 0.352. The summed E-state index contributed by atoms with van der Waals surface area (Å²) >= 11 is 0. The topological polar surface area (TPSA) is 6.48 Å². The van der Waals surface area contributed by atoms with Crippen molar-refractivity contribution < 1.29 is 0 Å². The van der Waals surface area contributed by atoms with E-state index in [1.165, 1.54) is 22.4 Å². The molecule has 0 radical (unpaired) electrons. The molecule has 3 aromatic carbocycles. The summed E-state index contributed by atoms with van der Waals surface area (Å²) in [4.78, 5) is 0. The SMILES string of the molecule is CN(C)N1C[C@](Cc2ccccc2)(c2ccccc2)c2ccccc21. The standard InChI is InChI=1S/C23H24N2/c1-24(2)25-18-23(20-13-7-4-8-14-20,17-19-11-5-3-6-12-19)21-15-9-10-16-22(21)25/h3-16H,17-18H2,1-2H3/t23-/m1/s1. The van der Waals surface area contributed by atoms with Crippen LogP contribution < -0.4 is 5.01 Å². The van der Waals surface area contributed by atoms with Gasteiger partial charge in [0.1, 0.15) is 0 Å². The Labute approximate surface area is 150 Å². The van der Waals surface area contributed by atoms with Crippen LogP contribution in [0.2, 0.25) is 0 Å². The lowest BCUT2D eigenvalue weighted by atomic mass is 9.72. The average Bonchev–Trinajstić information content (AvgIpc) is 2.99. The Bertz CT molecular complexity index is 842. The van der Waals surface area contributed by atoms with E-state index in [0.717, 1.165) is 13.0 Å². The molecule has 25 heavy (non-hydrogen) atoms. The molecule has 0 saturated carbocycles. The number of fused-ring (bicyclic) bond motifs is 1. The minimum absolute atomic E-state index is 0.0382. The zero-order chi connectivity index (χ0) is 17.3. The Balaban J connectivity index is 1.90. The number of benzene rings is 3. The molecule has 1 aliphatic heterocycles. The van der Waals surface area contributed by atoms with Gasteiger partial charge in [0.25, 0.3) is 0 Å². The van der Waals surface area contributed by atoms with Gasteiger partial charge in [-0.15, -0.1) is 0 Å². The van der Waals surface area contributed by atoms with Crippen LogP contribution in [-0.4, -0.2) is 25.6 Å². The Hall–Kier alpha value is -2.58. The number of rotatable bonds is 4. The zero-order valence-electron chi connectivity index (χ0n) is 14.9. The third-order valence-electron chi connectivity index (χ3n) is 5.28. The van der Waals surface area contributed by atoms with Gasteiger partial charge >= 0.3 is 0 Å². The molecule has 0 spiro atoms. The molecular formula is C23H24N2. The number of hydrogen-bond acceptors (Lipinski definition) is 2. The first-order valence-electron chi connectivity index (χ1n) is 8.84. The fourth-order valence-corrected chi connectivity index (χ4v) is 4.09. The highest BCUT2D eigenvalue weighted by Crippen LogP contribution is 2.47. The van der Waals surface area contributed by atoms with Crippen LogP contribution in [0.1, 0.15) is 16.7 Å². The van der Waals surface area contributed by atoms with E-state index in [2.05, 4.69) is 109 Å². The monoisotopic (exact) mass is 328 g/mol. The summed E-state index contributed by atoms with van der Waals surface area (Å²) in [6.45, 7) is 0.957. The van der Waals surface area contributed by atoms with Gasteiger partial charge < -0.3 is 5.01 Å². The second kappa shape index (κ2) is 6.38. The van der Waals surface area contributed by atoms with Gasteiger partial charge in [-0.05, 0) is 29.2 Å². The predicted molar refractivity (Wildman–Crippen MR) is 105 cm³/mol. The Morgan fingerprint density at radius 2 is 1.40 bits per heavy atom. The highest BCUT2D eigenvalue weighted by molar-refractivity contribution is 5.66. The van der Waals surface area contributed by atoms with E-state index in [1.54, 1.807) is 0 Å². The minimum atomic E-state index is -0.0382. The van der Waals surface area contributed by atoms with Gasteiger partial charge in [-0.3, -0.25) is 0 Å². The summed E-state index contributed by atoms with van der Waals surface area (Å²) in [6, 6.07) is 30.7. The van der Waals surface area contributed by atoms with Crippen LogP contribution in [0.25, 0.3) is 0 Å².